The third-order valence-electron chi connectivity index (χ3n) is 3.87. The zero-order valence-corrected chi connectivity index (χ0v) is 14.6. The van der Waals surface area contributed by atoms with E-state index in [0.717, 1.165) is 24.2 Å². The maximum atomic E-state index is 12.9. The summed E-state index contributed by atoms with van der Waals surface area (Å²) < 4.78 is 23.9. The van der Waals surface area contributed by atoms with Crippen molar-refractivity contribution in [2.45, 2.75) is 32.3 Å². The summed E-state index contributed by atoms with van der Waals surface area (Å²) in [6.07, 6.45) is 1.58. The number of hydrogen-bond acceptors (Lipinski definition) is 3. The fourth-order valence-electron chi connectivity index (χ4n) is 2.51. The Morgan fingerprint density at radius 3 is 2.56 bits per heavy atom. The van der Waals surface area contributed by atoms with Gasteiger partial charge in [0, 0.05) is 6.54 Å². The van der Waals surface area contributed by atoms with Crippen LogP contribution in [0.3, 0.4) is 0 Å². The van der Waals surface area contributed by atoms with Crippen LogP contribution in [0.15, 0.2) is 48.5 Å². The standard InChI is InChI=1S/C20H24FNO3/c1-3-18(25-17-12-10-16(21)11-13-17)20(23)22-14-6-8-15-7-4-5-9-19(15)24-2/h4-5,7,9-13,18H,3,6,8,14H2,1-2H3,(H,22,23)/t18-/m0/s1. The van der Waals surface area contributed by atoms with Gasteiger partial charge < -0.3 is 14.8 Å². The third kappa shape index (κ3) is 5.78. The van der Waals surface area contributed by atoms with E-state index in [0.29, 0.717) is 18.7 Å². The molecule has 2 rings (SSSR count). The van der Waals surface area contributed by atoms with Gasteiger partial charge in [-0.1, -0.05) is 25.1 Å². The van der Waals surface area contributed by atoms with Crippen LogP contribution in [0.5, 0.6) is 11.5 Å². The Bertz CT molecular complexity index is 673. The van der Waals surface area contributed by atoms with Gasteiger partial charge in [0.1, 0.15) is 17.3 Å². The summed E-state index contributed by atoms with van der Waals surface area (Å²) in [5, 5.41) is 2.89. The third-order valence-corrected chi connectivity index (χ3v) is 3.87. The Balaban J connectivity index is 1.78. The van der Waals surface area contributed by atoms with Gasteiger partial charge >= 0.3 is 0 Å². The van der Waals surface area contributed by atoms with Crippen LogP contribution in [-0.2, 0) is 11.2 Å². The first-order chi connectivity index (χ1) is 12.1. The quantitative estimate of drug-likeness (QED) is 0.704. The number of aryl methyl sites for hydroxylation is 1. The summed E-state index contributed by atoms with van der Waals surface area (Å²) in [7, 11) is 1.65. The molecule has 1 atom stereocenters. The topological polar surface area (TPSA) is 47.6 Å². The number of benzene rings is 2. The van der Waals surface area contributed by atoms with Crippen LogP contribution in [0.2, 0.25) is 0 Å². The molecule has 25 heavy (non-hydrogen) atoms. The van der Waals surface area contributed by atoms with Crippen LogP contribution in [0.25, 0.3) is 0 Å². The van der Waals surface area contributed by atoms with E-state index in [9.17, 15) is 9.18 Å². The van der Waals surface area contributed by atoms with Gasteiger partial charge in [0.25, 0.3) is 5.91 Å². The molecule has 0 aliphatic rings. The molecule has 0 fully saturated rings. The van der Waals surface area contributed by atoms with E-state index in [1.54, 1.807) is 7.11 Å². The molecule has 0 aliphatic heterocycles. The van der Waals surface area contributed by atoms with E-state index in [2.05, 4.69) is 5.32 Å². The lowest BCUT2D eigenvalue weighted by atomic mass is 10.1. The average Bonchev–Trinajstić information content (AvgIpc) is 2.64. The van der Waals surface area contributed by atoms with Crippen LogP contribution in [-0.4, -0.2) is 25.7 Å². The van der Waals surface area contributed by atoms with Crippen LogP contribution in [0.4, 0.5) is 4.39 Å². The smallest absolute Gasteiger partial charge is 0.261 e. The number of carbonyl (C=O) groups is 1. The molecule has 0 bridgehead atoms. The number of para-hydroxylation sites is 1. The van der Waals surface area contributed by atoms with Crippen molar-refractivity contribution in [1.82, 2.24) is 5.32 Å². The largest absolute Gasteiger partial charge is 0.496 e. The summed E-state index contributed by atoms with van der Waals surface area (Å²) in [5.74, 6) is 0.852. The molecule has 0 aliphatic carbocycles. The maximum Gasteiger partial charge on any atom is 0.261 e. The molecule has 2 aromatic carbocycles. The summed E-state index contributed by atoms with van der Waals surface area (Å²) in [6, 6.07) is 13.5. The van der Waals surface area contributed by atoms with E-state index in [1.165, 1.54) is 24.3 Å². The summed E-state index contributed by atoms with van der Waals surface area (Å²) in [6.45, 7) is 2.43. The van der Waals surface area contributed by atoms with Gasteiger partial charge in [-0.2, -0.15) is 0 Å². The van der Waals surface area contributed by atoms with Gasteiger partial charge in [-0.3, -0.25) is 4.79 Å². The predicted molar refractivity (Wildman–Crippen MR) is 95.4 cm³/mol. The Morgan fingerprint density at radius 2 is 1.88 bits per heavy atom. The van der Waals surface area contributed by atoms with Crippen molar-refractivity contribution in [3.8, 4) is 11.5 Å². The first-order valence-electron chi connectivity index (χ1n) is 8.46. The fraction of sp³-hybridized carbons (Fsp3) is 0.350. The van der Waals surface area contributed by atoms with Gasteiger partial charge in [-0.25, -0.2) is 4.39 Å². The van der Waals surface area contributed by atoms with Crippen molar-refractivity contribution in [3.63, 3.8) is 0 Å². The highest BCUT2D eigenvalue weighted by atomic mass is 19.1. The van der Waals surface area contributed by atoms with Gasteiger partial charge in [0.05, 0.1) is 7.11 Å². The molecule has 0 heterocycles. The Hall–Kier alpha value is -2.56. The molecule has 0 saturated heterocycles. The van der Waals surface area contributed by atoms with Crippen molar-refractivity contribution in [3.05, 3.63) is 59.9 Å². The van der Waals surface area contributed by atoms with Gasteiger partial charge in [-0.05, 0) is 55.2 Å². The van der Waals surface area contributed by atoms with Crippen LogP contribution >= 0.6 is 0 Å². The second-order valence-corrected chi connectivity index (χ2v) is 5.68. The Kier molecular flexibility index (Phi) is 7.26. The van der Waals surface area contributed by atoms with E-state index < -0.39 is 6.10 Å². The molecular formula is C20H24FNO3. The molecule has 1 N–H and O–H groups in total. The van der Waals surface area contributed by atoms with Crippen LogP contribution in [0.1, 0.15) is 25.3 Å². The van der Waals surface area contributed by atoms with E-state index in [4.69, 9.17) is 9.47 Å². The number of nitrogens with one attached hydrogen (secondary N) is 1. The van der Waals surface area contributed by atoms with Gasteiger partial charge in [-0.15, -0.1) is 0 Å². The summed E-state index contributed by atoms with van der Waals surface area (Å²) >= 11 is 0. The molecule has 134 valence electrons. The lowest BCUT2D eigenvalue weighted by Crippen LogP contribution is -2.38. The highest BCUT2D eigenvalue weighted by Gasteiger charge is 2.17. The van der Waals surface area contributed by atoms with E-state index in [-0.39, 0.29) is 11.7 Å². The molecule has 4 nitrogen and oxygen atoms in total. The zero-order chi connectivity index (χ0) is 18.1. The number of rotatable bonds is 9. The number of methoxy groups -OCH3 is 1. The van der Waals surface area contributed by atoms with Gasteiger partial charge in [0.15, 0.2) is 6.10 Å². The Labute approximate surface area is 148 Å². The molecule has 1 amide bonds. The molecule has 5 heteroatoms. The molecule has 0 saturated carbocycles. The number of ether oxygens (including phenoxy) is 2. The van der Waals surface area contributed by atoms with E-state index >= 15 is 0 Å². The molecule has 0 unspecified atom stereocenters. The fourth-order valence-corrected chi connectivity index (χ4v) is 2.51. The van der Waals surface area contributed by atoms with Crippen LogP contribution in [0, 0.1) is 5.82 Å². The monoisotopic (exact) mass is 345 g/mol. The Morgan fingerprint density at radius 1 is 1.16 bits per heavy atom. The minimum absolute atomic E-state index is 0.160. The van der Waals surface area contributed by atoms with Gasteiger partial charge in [0.2, 0.25) is 0 Å². The van der Waals surface area contributed by atoms with E-state index in [1.807, 2.05) is 31.2 Å². The predicted octanol–water partition coefficient (Wildman–Crippen LogP) is 3.74. The first-order valence-corrected chi connectivity index (χ1v) is 8.46. The number of carbonyl (C=O) groups excluding carboxylic acids is 1. The molecule has 0 aromatic heterocycles. The normalized spacial score (nSPS) is 11.6. The minimum Gasteiger partial charge on any atom is -0.496 e. The van der Waals surface area contributed by atoms with Crippen molar-refractivity contribution in [2.24, 2.45) is 0 Å². The number of hydrogen-bond donors (Lipinski definition) is 1. The zero-order valence-electron chi connectivity index (χ0n) is 14.6. The lowest BCUT2D eigenvalue weighted by Gasteiger charge is -2.17. The molecular weight excluding hydrogens is 321 g/mol. The van der Waals surface area contributed by atoms with Crippen molar-refractivity contribution in [1.29, 1.82) is 0 Å². The second-order valence-electron chi connectivity index (χ2n) is 5.68. The lowest BCUT2D eigenvalue weighted by molar-refractivity contribution is -0.128. The first kappa shape index (κ1) is 18.8. The van der Waals surface area contributed by atoms with Crippen LogP contribution < -0.4 is 14.8 Å². The summed E-state index contributed by atoms with van der Waals surface area (Å²) in [5.41, 5.74) is 1.12. The highest BCUT2D eigenvalue weighted by Crippen LogP contribution is 2.18. The number of amides is 1. The maximum absolute atomic E-state index is 12.9. The van der Waals surface area contributed by atoms with Crippen molar-refractivity contribution >= 4 is 5.91 Å². The minimum atomic E-state index is -0.586. The summed E-state index contributed by atoms with van der Waals surface area (Å²) in [4.78, 5) is 12.2. The van der Waals surface area contributed by atoms with Crippen molar-refractivity contribution in [2.75, 3.05) is 13.7 Å². The molecule has 0 radical (unpaired) electrons. The average molecular weight is 345 g/mol. The molecule has 2 aromatic rings. The SMILES string of the molecule is CC[C@H](Oc1ccc(F)cc1)C(=O)NCCCc1ccccc1OC. The highest BCUT2D eigenvalue weighted by molar-refractivity contribution is 5.81. The number of halogens is 1. The second kappa shape index (κ2) is 9.67. The molecule has 0 spiro atoms. The van der Waals surface area contributed by atoms with Crippen molar-refractivity contribution < 1.29 is 18.7 Å².